The fraction of sp³-hybridized carbons (Fsp3) is 0.571. The summed E-state index contributed by atoms with van der Waals surface area (Å²) >= 11 is 0. The Labute approximate surface area is 170 Å². The highest BCUT2D eigenvalue weighted by Gasteiger charge is 2.37. The van der Waals surface area contributed by atoms with Crippen molar-refractivity contribution in [1.29, 1.82) is 0 Å². The van der Waals surface area contributed by atoms with E-state index in [1.165, 1.54) is 0 Å². The average molecular weight is 399 g/mol. The molecule has 3 atom stereocenters. The molecule has 1 saturated heterocycles. The first-order valence-electron chi connectivity index (χ1n) is 10.4. The maximum atomic E-state index is 12.8. The van der Waals surface area contributed by atoms with Crippen LogP contribution in [0.4, 0.5) is 0 Å². The number of carbonyl (C=O) groups is 2. The fourth-order valence-electron chi connectivity index (χ4n) is 4.49. The minimum Gasteiger partial charge on any atom is -0.389 e. The highest BCUT2D eigenvalue weighted by molar-refractivity contribution is 5.97. The maximum absolute atomic E-state index is 12.8. The number of amides is 2. The van der Waals surface area contributed by atoms with E-state index in [1.54, 1.807) is 18.5 Å². The van der Waals surface area contributed by atoms with Crippen molar-refractivity contribution in [2.24, 2.45) is 0 Å². The normalized spacial score (nSPS) is 25.9. The Morgan fingerprint density at radius 3 is 2.93 bits per heavy atom. The van der Waals surface area contributed by atoms with Gasteiger partial charge in [-0.3, -0.25) is 14.5 Å². The Hall–Kier alpha value is -2.45. The summed E-state index contributed by atoms with van der Waals surface area (Å²) in [6, 6.07) is 5.39. The van der Waals surface area contributed by atoms with Crippen LogP contribution in [0.2, 0.25) is 0 Å². The van der Waals surface area contributed by atoms with Crippen molar-refractivity contribution in [2.45, 2.75) is 57.3 Å². The summed E-state index contributed by atoms with van der Waals surface area (Å²) < 4.78 is 2.07. The molecule has 0 radical (unpaired) electrons. The van der Waals surface area contributed by atoms with Gasteiger partial charge in [-0.05, 0) is 51.3 Å². The average Bonchev–Trinajstić information content (AvgIpc) is 3.13. The van der Waals surface area contributed by atoms with E-state index in [1.807, 2.05) is 11.0 Å². The predicted molar refractivity (Wildman–Crippen MR) is 110 cm³/mol. The van der Waals surface area contributed by atoms with Crippen LogP contribution in [0.3, 0.4) is 0 Å². The standard InChI is InChI=1S/C21H29N5O3/c1-13(2)26-12-23-16-10-14(6-7-17(16)26)21(29)24-15-4-3-5-18(20(15)28)25-9-8-22-19(27)11-25/h6-7,10,12-13,15,18,20,28H,3-5,8-9,11H2,1-2H3,(H,22,27)(H,24,29)/t15-,18-,20-/m1/s1. The van der Waals surface area contributed by atoms with E-state index >= 15 is 0 Å². The van der Waals surface area contributed by atoms with E-state index in [2.05, 4.69) is 34.0 Å². The number of benzene rings is 1. The molecular weight excluding hydrogens is 370 g/mol. The molecule has 2 amide bonds. The van der Waals surface area contributed by atoms with Gasteiger partial charge < -0.3 is 20.3 Å². The van der Waals surface area contributed by atoms with Gasteiger partial charge in [-0.15, -0.1) is 0 Å². The van der Waals surface area contributed by atoms with Crippen molar-refractivity contribution < 1.29 is 14.7 Å². The summed E-state index contributed by atoms with van der Waals surface area (Å²) in [5, 5.41) is 16.7. The van der Waals surface area contributed by atoms with E-state index in [9.17, 15) is 14.7 Å². The monoisotopic (exact) mass is 399 g/mol. The van der Waals surface area contributed by atoms with Crippen molar-refractivity contribution >= 4 is 22.8 Å². The summed E-state index contributed by atoms with van der Waals surface area (Å²) in [6.07, 6.45) is 3.57. The maximum Gasteiger partial charge on any atom is 0.251 e. The first-order chi connectivity index (χ1) is 13.9. The van der Waals surface area contributed by atoms with Crippen LogP contribution in [0.1, 0.15) is 49.5 Å². The molecule has 1 aromatic carbocycles. The molecule has 0 bridgehead atoms. The molecule has 0 spiro atoms. The first-order valence-corrected chi connectivity index (χ1v) is 10.4. The summed E-state index contributed by atoms with van der Waals surface area (Å²) in [5.74, 6) is -0.212. The van der Waals surface area contributed by atoms with Crippen LogP contribution in [-0.4, -0.2) is 69.2 Å². The zero-order valence-corrected chi connectivity index (χ0v) is 17.0. The van der Waals surface area contributed by atoms with Crippen LogP contribution in [0.15, 0.2) is 24.5 Å². The van der Waals surface area contributed by atoms with Crippen LogP contribution in [0, 0.1) is 0 Å². The second-order valence-corrected chi connectivity index (χ2v) is 8.34. The molecular formula is C21H29N5O3. The summed E-state index contributed by atoms with van der Waals surface area (Å²) in [5.41, 5.74) is 2.32. The largest absolute Gasteiger partial charge is 0.389 e. The third kappa shape index (κ3) is 4.00. The van der Waals surface area contributed by atoms with Crippen molar-refractivity contribution in [3.63, 3.8) is 0 Å². The highest BCUT2D eigenvalue weighted by Crippen LogP contribution is 2.25. The van der Waals surface area contributed by atoms with E-state index in [0.29, 0.717) is 24.7 Å². The number of nitrogens with one attached hydrogen (secondary N) is 2. The number of carbonyl (C=O) groups excluding carboxylic acids is 2. The molecule has 2 heterocycles. The van der Waals surface area contributed by atoms with Crippen molar-refractivity contribution in [3.8, 4) is 0 Å². The molecule has 4 rings (SSSR count). The molecule has 2 fully saturated rings. The molecule has 0 unspecified atom stereocenters. The smallest absolute Gasteiger partial charge is 0.251 e. The zero-order valence-electron chi connectivity index (χ0n) is 17.0. The van der Waals surface area contributed by atoms with Gasteiger partial charge in [0, 0.05) is 30.7 Å². The van der Waals surface area contributed by atoms with Crippen molar-refractivity contribution in [1.82, 2.24) is 25.1 Å². The molecule has 156 valence electrons. The lowest BCUT2D eigenvalue weighted by Crippen LogP contribution is -2.60. The Kier molecular flexibility index (Phi) is 5.56. The summed E-state index contributed by atoms with van der Waals surface area (Å²) in [7, 11) is 0. The fourth-order valence-corrected chi connectivity index (χ4v) is 4.49. The SMILES string of the molecule is CC(C)n1cnc2cc(C(=O)N[C@@H]3CCC[C@@H](N4CCNC(=O)C4)[C@@H]3O)ccc21. The van der Waals surface area contributed by atoms with Gasteiger partial charge in [0.05, 0.1) is 36.1 Å². The van der Waals surface area contributed by atoms with Crippen LogP contribution in [-0.2, 0) is 4.79 Å². The lowest BCUT2D eigenvalue weighted by atomic mass is 9.86. The first kappa shape index (κ1) is 19.8. The number of imidazole rings is 1. The number of piperazine rings is 1. The molecule has 8 heteroatoms. The lowest BCUT2D eigenvalue weighted by Gasteiger charge is -2.42. The van der Waals surface area contributed by atoms with Gasteiger partial charge in [0.1, 0.15) is 0 Å². The van der Waals surface area contributed by atoms with Crippen molar-refractivity contribution in [2.75, 3.05) is 19.6 Å². The predicted octanol–water partition coefficient (Wildman–Crippen LogP) is 1.06. The van der Waals surface area contributed by atoms with E-state index < -0.39 is 6.10 Å². The molecule has 1 aliphatic carbocycles. The number of hydrogen-bond donors (Lipinski definition) is 3. The molecule has 2 aromatic rings. The molecule has 2 aliphatic rings. The second kappa shape index (κ2) is 8.12. The van der Waals surface area contributed by atoms with Gasteiger partial charge >= 0.3 is 0 Å². The third-order valence-electron chi connectivity index (χ3n) is 6.07. The molecule has 29 heavy (non-hydrogen) atoms. The number of aliphatic hydroxyl groups is 1. The van der Waals surface area contributed by atoms with Crippen LogP contribution in [0.25, 0.3) is 11.0 Å². The number of aliphatic hydroxyl groups excluding tert-OH is 1. The zero-order chi connectivity index (χ0) is 20.5. The Morgan fingerprint density at radius 2 is 2.17 bits per heavy atom. The summed E-state index contributed by atoms with van der Waals surface area (Å²) in [4.78, 5) is 31.0. The van der Waals surface area contributed by atoms with Gasteiger partial charge in [-0.2, -0.15) is 0 Å². The topological polar surface area (TPSA) is 99.5 Å². The quantitative estimate of drug-likeness (QED) is 0.714. The minimum atomic E-state index is -0.692. The van der Waals surface area contributed by atoms with E-state index in [-0.39, 0.29) is 23.9 Å². The number of hydrogen-bond acceptors (Lipinski definition) is 5. The Bertz CT molecular complexity index is 909. The van der Waals surface area contributed by atoms with Gasteiger partial charge in [0.2, 0.25) is 5.91 Å². The second-order valence-electron chi connectivity index (χ2n) is 8.34. The molecule has 8 nitrogen and oxygen atoms in total. The van der Waals surface area contributed by atoms with Gasteiger partial charge in [0.25, 0.3) is 5.91 Å². The van der Waals surface area contributed by atoms with Crippen LogP contribution < -0.4 is 10.6 Å². The van der Waals surface area contributed by atoms with Gasteiger partial charge in [-0.1, -0.05) is 0 Å². The summed E-state index contributed by atoms with van der Waals surface area (Å²) in [6.45, 7) is 5.81. The molecule has 1 aromatic heterocycles. The molecule has 1 saturated carbocycles. The number of fused-ring (bicyclic) bond motifs is 1. The lowest BCUT2D eigenvalue weighted by molar-refractivity contribution is -0.126. The third-order valence-corrected chi connectivity index (χ3v) is 6.07. The van der Waals surface area contributed by atoms with Gasteiger partial charge in [-0.25, -0.2) is 4.98 Å². The van der Waals surface area contributed by atoms with Gasteiger partial charge in [0.15, 0.2) is 0 Å². The van der Waals surface area contributed by atoms with E-state index in [4.69, 9.17) is 0 Å². The number of nitrogens with zero attached hydrogens (tertiary/aromatic N) is 3. The van der Waals surface area contributed by atoms with Crippen molar-refractivity contribution in [3.05, 3.63) is 30.1 Å². The number of rotatable bonds is 4. The van der Waals surface area contributed by atoms with Crippen LogP contribution >= 0.6 is 0 Å². The number of aromatic nitrogens is 2. The Morgan fingerprint density at radius 1 is 1.34 bits per heavy atom. The Balaban J connectivity index is 1.46. The molecule has 3 N–H and O–H groups in total. The highest BCUT2D eigenvalue weighted by atomic mass is 16.3. The van der Waals surface area contributed by atoms with Crippen LogP contribution in [0.5, 0.6) is 0 Å². The molecule has 1 aliphatic heterocycles. The van der Waals surface area contributed by atoms with E-state index in [0.717, 1.165) is 36.8 Å². The minimum absolute atomic E-state index is 0.0104.